The Morgan fingerprint density at radius 3 is 2.14 bits per heavy atom. The number of carbonyl (C=O) groups is 2. The summed E-state index contributed by atoms with van der Waals surface area (Å²) in [7, 11) is 6.06. The first-order chi connectivity index (χ1) is 9.77. The molecule has 1 aliphatic heterocycles. The minimum absolute atomic E-state index is 0.0598. The Hall–Kier alpha value is -2.41. The third-order valence-electron chi connectivity index (χ3n) is 3.02. The summed E-state index contributed by atoms with van der Waals surface area (Å²) in [6.45, 7) is 0. The van der Waals surface area contributed by atoms with E-state index in [9.17, 15) is 14.7 Å². The van der Waals surface area contributed by atoms with Gasteiger partial charge in [0.25, 0.3) is 0 Å². The minimum atomic E-state index is -0.989. The number of aliphatic imine (C=N–C) groups is 1. The summed E-state index contributed by atoms with van der Waals surface area (Å²) in [5.41, 5.74) is 1.45. The van der Waals surface area contributed by atoms with Crippen molar-refractivity contribution in [1.82, 2.24) is 9.55 Å². The second kappa shape index (κ2) is 5.53. The number of rotatable bonds is 3. The summed E-state index contributed by atoms with van der Waals surface area (Å²) in [6, 6.07) is 7.04. The maximum atomic E-state index is 11.6. The molecule has 0 spiro atoms. The molecule has 0 unspecified atom stereocenters. The van der Waals surface area contributed by atoms with Crippen LogP contribution in [0.1, 0.15) is 12.8 Å². The fourth-order valence-electron chi connectivity index (χ4n) is 1.84. The molecular formula is C14H17N3O4. The van der Waals surface area contributed by atoms with Crippen LogP contribution < -0.4 is 9.59 Å². The fourth-order valence-corrected chi connectivity index (χ4v) is 1.84. The van der Waals surface area contributed by atoms with Crippen LogP contribution in [0.2, 0.25) is 0 Å². The molecule has 1 fully saturated rings. The largest absolute Gasteiger partial charge is 0.528 e. The van der Waals surface area contributed by atoms with E-state index < -0.39 is 17.9 Å². The molecule has 112 valence electrons. The molecule has 0 bridgehead atoms. The zero-order valence-corrected chi connectivity index (χ0v) is 12.2. The first kappa shape index (κ1) is 15.0. The fraction of sp³-hybridized carbons (Fsp3) is 0.357. The van der Waals surface area contributed by atoms with Crippen molar-refractivity contribution in [1.29, 1.82) is 0 Å². The highest BCUT2D eigenvalue weighted by molar-refractivity contribution is 6.01. The van der Waals surface area contributed by atoms with Crippen molar-refractivity contribution in [3.63, 3.8) is 0 Å². The third kappa shape index (κ3) is 3.57. The molecule has 0 N–H and O–H groups in total. The summed E-state index contributed by atoms with van der Waals surface area (Å²) in [4.78, 5) is 31.0. The number of quaternary nitrogens is 1. The van der Waals surface area contributed by atoms with E-state index in [4.69, 9.17) is 0 Å². The molecule has 1 aromatic rings. The quantitative estimate of drug-likeness (QED) is 0.347. The molecule has 0 radical (unpaired) electrons. The lowest BCUT2D eigenvalue weighted by molar-refractivity contribution is -0.275. The van der Waals surface area contributed by atoms with Gasteiger partial charge in [0.05, 0.1) is 26.8 Å². The predicted octanol–water partition coefficient (Wildman–Crippen LogP) is 0.312. The summed E-state index contributed by atoms with van der Waals surface area (Å²) < 4.78 is 0.640. The van der Waals surface area contributed by atoms with Gasteiger partial charge < -0.3 is 9.94 Å². The zero-order valence-electron chi connectivity index (χ0n) is 12.2. The van der Waals surface area contributed by atoms with Crippen LogP contribution in [0.3, 0.4) is 0 Å². The highest BCUT2D eigenvalue weighted by Gasteiger charge is 2.27. The molecule has 0 aromatic heterocycles. The number of nitrogens with zero attached hydrogens (tertiary/aromatic N) is 3. The van der Waals surface area contributed by atoms with E-state index in [-0.39, 0.29) is 12.8 Å². The van der Waals surface area contributed by atoms with Gasteiger partial charge in [0.1, 0.15) is 5.69 Å². The molecule has 0 aliphatic carbocycles. The topological polar surface area (TPSA) is 82.0 Å². The molecule has 0 saturated carbocycles. The van der Waals surface area contributed by atoms with E-state index in [0.29, 0.717) is 15.2 Å². The molecular weight excluding hydrogens is 274 g/mol. The smallest absolute Gasteiger partial charge is 0.243 e. The molecule has 1 saturated heterocycles. The Kier molecular flexibility index (Phi) is 3.95. The van der Waals surface area contributed by atoms with Crippen molar-refractivity contribution in [3.8, 4) is 0 Å². The molecule has 2 rings (SSSR count). The Morgan fingerprint density at radius 1 is 1.14 bits per heavy atom. The maximum absolute atomic E-state index is 11.6. The van der Waals surface area contributed by atoms with Crippen LogP contribution in [0.4, 0.5) is 11.4 Å². The Morgan fingerprint density at radius 2 is 1.67 bits per heavy atom. The second-order valence-corrected chi connectivity index (χ2v) is 5.58. The first-order valence-electron chi connectivity index (χ1n) is 6.49. The van der Waals surface area contributed by atoms with Crippen LogP contribution in [-0.4, -0.2) is 44.1 Å². The van der Waals surface area contributed by atoms with E-state index in [1.807, 2.05) is 33.3 Å². The third-order valence-corrected chi connectivity index (χ3v) is 3.02. The van der Waals surface area contributed by atoms with Gasteiger partial charge in [-0.25, -0.2) is 10.1 Å². The lowest BCUT2D eigenvalue weighted by Gasteiger charge is -2.24. The van der Waals surface area contributed by atoms with E-state index in [1.165, 1.54) is 0 Å². The van der Waals surface area contributed by atoms with Gasteiger partial charge in [0.2, 0.25) is 11.8 Å². The Bertz CT molecular complexity index is 571. The monoisotopic (exact) mass is 291 g/mol. The van der Waals surface area contributed by atoms with Crippen molar-refractivity contribution in [2.45, 2.75) is 12.8 Å². The summed E-state index contributed by atoms with van der Waals surface area (Å²) in [6.07, 6.45) is -0.870. The average Bonchev–Trinajstić information content (AvgIpc) is 2.70. The molecule has 1 aromatic carbocycles. The number of hydrogen-bond acceptors (Lipinski definition) is 5. The number of amides is 2. The van der Waals surface area contributed by atoms with E-state index in [1.54, 1.807) is 12.1 Å². The first-order valence-corrected chi connectivity index (χ1v) is 6.49. The number of imide groups is 1. The van der Waals surface area contributed by atoms with Gasteiger partial charge in [-0.05, 0) is 12.1 Å². The van der Waals surface area contributed by atoms with Gasteiger partial charge in [-0.3, -0.25) is 14.1 Å². The van der Waals surface area contributed by atoms with Crippen LogP contribution >= 0.6 is 0 Å². The van der Waals surface area contributed by atoms with Gasteiger partial charge in [-0.1, -0.05) is 0 Å². The van der Waals surface area contributed by atoms with Gasteiger partial charge in [-0.2, -0.15) is 0 Å². The van der Waals surface area contributed by atoms with Crippen LogP contribution in [0.15, 0.2) is 29.3 Å². The van der Waals surface area contributed by atoms with E-state index in [2.05, 4.69) is 9.83 Å². The average molecular weight is 291 g/mol. The standard InChI is InChI=1S/C14H17N3O4/c1-17(2,3)11-6-4-10(5-7-11)15-14(20)21-16-12(18)8-9-13(16)19/h4-7H,8-9H2,1-3H3. The van der Waals surface area contributed by atoms with E-state index >= 15 is 0 Å². The zero-order chi connectivity index (χ0) is 15.6. The van der Waals surface area contributed by atoms with E-state index in [0.717, 1.165) is 5.69 Å². The predicted molar refractivity (Wildman–Crippen MR) is 75.3 cm³/mol. The van der Waals surface area contributed by atoms with Crippen molar-refractivity contribution < 1.29 is 19.5 Å². The lowest BCUT2D eigenvalue weighted by atomic mass is 10.2. The number of carbonyl (C=O) groups excluding carboxylic acids is 2. The summed E-state index contributed by atoms with van der Waals surface area (Å²) in [5.74, 6) is -1.05. The molecule has 0 atom stereocenters. The van der Waals surface area contributed by atoms with Crippen LogP contribution in [0.25, 0.3) is 0 Å². The Labute approximate surface area is 122 Å². The van der Waals surface area contributed by atoms with Crippen molar-refractivity contribution >= 4 is 29.3 Å². The molecule has 7 heteroatoms. The SMILES string of the molecule is C[N+](C)(C)c1ccc(N=C([O-])ON2C(=O)CCC2=O)cc1. The lowest BCUT2D eigenvalue weighted by Crippen LogP contribution is -2.36. The highest BCUT2D eigenvalue weighted by atomic mass is 16.8. The van der Waals surface area contributed by atoms with Crippen molar-refractivity contribution in [2.24, 2.45) is 4.99 Å². The van der Waals surface area contributed by atoms with Gasteiger partial charge >= 0.3 is 0 Å². The minimum Gasteiger partial charge on any atom is -0.528 e. The van der Waals surface area contributed by atoms with Crippen LogP contribution in [-0.2, 0) is 14.4 Å². The van der Waals surface area contributed by atoms with Gasteiger partial charge in [0.15, 0.2) is 6.08 Å². The van der Waals surface area contributed by atoms with Crippen LogP contribution in [0, 0.1) is 0 Å². The van der Waals surface area contributed by atoms with Crippen molar-refractivity contribution in [2.75, 3.05) is 21.1 Å². The van der Waals surface area contributed by atoms with Crippen LogP contribution in [0.5, 0.6) is 0 Å². The maximum Gasteiger partial charge on any atom is 0.243 e. The van der Waals surface area contributed by atoms with Gasteiger partial charge in [-0.15, -0.1) is 0 Å². The highest BCUT2D eigenvalue weighted by Crippen LogP contribution is 2.21. The Balaban J connectivity index is 2.08. The summed E-state index contributed by atoms with van der Waals surface area (Å²) >= 11 is 0. The molecule has 1 heterocycles. The molecule has 7 nitrogen and oxygen atoms in total. The molecule has 2 amide bonds. The number of benzene rings is 1. The number of hydroxylamine groups is 2. The number of hydrogen-bond donors (Lipinski definition) is 0. The normalized spacial score (nSPS) is 16.5. The second-order valence-electron chi connectivity index (χ2n) is 5.58. The van der Waals surface area contributed by atoms with Gasteiger partial charge in [0, 0.05) is 25.0 Å². The molecule has 21 heavy (non-hydrogen) atoms. The van der Waals surface area contributed by atoms with Crippen molar-refractivity contribution in [3.05, 3.63) is 24.3 Å². The summed E-state index contributed by atoms with van der Waals surface area (Å²) in [5, 5.41) is 12.1. The molecule has 1 aliphatic rings.